The molecule has 0 saturated carbocycles. The molecule has 2 aromatic rings. The number of hydrogen-bond donors (Lipinski definition) is 0. The van der Waals surface area contributed by atoms with Gasteiger partial charge in [0.25, 0.3) is 21.8 Å². The third-order valence-electron chi connectivity index (χ3n) is 13.2. The minimum Gasteiger partial charge on any atom is -0.326 e. The van der Waals surface area contributed by atoms with E-state index >= 15 is 0 Å². The van der Waals surface area contributed by atoms with Crippen molar-refractivity contribution in [2.24, 2.45) is 35.2 Å². The number of carbonyl (C=O) groups is 12. The number of nitrogens with zero attached hydrogens (tertiary/aromatic N) is 19. The van der Waals surface area contributed by atoms with E-state index in [1.165, 1.54) is 109 Å². The maximum Gasteiger partial charge on any atom is 0.442 e. The Labute approximate surface area is 493 Å². The van der Waals surface area contributed by atoms with Crippen LogP contribution in [0.1, 0.15) is 13.8 Å². The molecular weight excluding hydrogens is 1190 g/mol. The zero-order chi connectivity index (χ0) is 67.7. The number of amides is 18. The molecule has 0 radical (unpaired) electrons. The van der Waals surface area contributed by atoms with Crippen molar-refractivity contribution in [3.8, 4) is 0 Å². The summed E-state index contributed by atoms with van der Waals surface area (Å²) in [5, 5.41) is 0. The van der Waals surface area contributed by atoms with Crippen molar-refractivity contribution in [1.82, 2.24) is 90.1 Å². The molecule has 40 nitrogen and oxygen atoms in total. The van der Waals surface area contributed by atoms with Crippen LogP contribution in [0.5, 0.6) is 0 Å². The van der Waals surface area contributed by atoms with Crippen LogP contribution in [0.15, 0.2) is 23.7 Å². The second-order valence-corrected chi connectivity index (χ2v) is 23.8. The first-order chi connectivity index (χ1) is 39.0. The van der Waals surface area contributed by atoms with Gasteiger partial charge in [0.05, 0.1) is 13.6 Å². The van der Waals surface area contributed by atoms with Crippen LogP contribution in [0, 0.1) is 0 Å². The molecule has 0 aliphatic carbocycles. The van der Waals surface area contributed by atoms with E-state index in [2.05, 4.69) is 4.52 Å². The Morgan fingerprint density at radius 2 is 0.779 bits per heavy atom. The normalized spacial score (nSPS) is 19.3. The summed E-state index contributed by atoms with van der Waals surface area (Å²) in [5.74, 6) is -3.19. The van der Waals surface area contributed by atoms with E-state index < -0.39 is 61.1 Å². The molecule has 7 saturated heterocycles. The summed E-state index contributed by atoms with van der Waals surface area (Å²) in [5.41, 5.74) is -1.72. The summed E-state index contributed by atoms with van der Waals surface area (Å²) in [6, 6.07) is -1.60. The van der Waals surface area contributed by atoms with Crippen LogP contribution < -0.4 is 22.8 Å². The SMILES string of the molecule is CN1C(=O)C(=O)N(C)C1=O.CN1C(=O)N(C)C(C)(C)C1=O.CN1CC(=O)N(C)C1=O.CN1CC(=O)N(C)C1=O.CN1CC(=O)N(C)S1(=O)=O.CN1CCN(C)C1=O.CN1CS(=O)(=O)N(C)C1=O.Cn1c(=O)n(C)n(C)c1=O.Cn1oc(=O)n(C)c1=O. The van der Waals surface area contributed by atoms with Gasteiger partial charge in [-0.3, -0.25) is 53.3 Å². The first-order valence-electron chi connectivity index (χ1n) is 24.6. The number of hydrogen-bond acceptors (Lipinski definition) is 21. The second kappa shape index (κ2) is 29.0. The van der Waals surface area contributed by atoms with Gasteiger partial charge in [-0.15, -0.1) is 0 Å². The topological polar surface area (TPSA) is 425 Å². The molecule has 484 valence electrons. The lowest BCUT2D eigenvalue weighted by atomic mass is 10.1. The summed E-state index contributed by atoms with van der Waals surface area (Å²) in [4.78, 5) is 186. The van der Waals surface area contributed by atoms with Crippen molar-refractivity contribution in [3.05, 3.63) is 42.0 Å². The van der Waals surface area contributed by atoms with Gasteiger partial charge < -0.3 is 33.9 Å². The molecule has 7 fully saturated rings. The average Bonchev–Trinajstić information content (AvgIpc) is 2.43. The molecule has 7 aliphatic heterocycles. The summed E-state index contributed by atoms with van der Waals surface area (Å²) in [7, 11) is 21.3. The minimum atomic E-state index is -3.44. The molecule has 86 heavy (non-hydrogen) atoms. The predicted molar refractivity (Wildman–Crippen MR) is 297 cm³/mol. The van der Waals surface area contributed by atoms with Gasteiger partial charge in [-0.05, 0) is 13.8 Å². The van der Waals surface area contributed by atoms with E-state index in [4.69, 9.17) is 0 Å². The van der Waals surface area contributed by atoms with Crippen LogP contribution in [-0.4, -0.2) is 321 Å². The highest BCUT2D eigenvalue weighted by molar-refractivity contribution is 7.90. The van der Waals surface area contributed by atoms with Gasteiger partial charge in [0.2, 0.25) is 11.8 Å². The van der Waals surface area contributed by atoms with Crippen LogP contribution in [-0.2, 0) is 84.2 Å². The Kier molecular flexibility index (Phi) is 25.3. The summed E-state index contributed by atoms with van der Waals surface area (Å²) < 4.78 is 55.7. The number of sulfonamides is 1. The fraction of sp³-hybridized carbons (Fsp3) is 0.636. The molecular formula is C44H75N19O21S2. The first kappa shape index (κ1) is 74.8. The fourth-order valence-electron chi connectivity index (χ4n) is 6.79. The van der Waals surface area contributed by atoms with Crippen molar-refractivity contribution >= 4 is 91.9 Å². The third kappa shape index (κ3) is 17.0. The highest BCUT2D eigenvalue weighted by Crippen LogP contribution is 2.24. The number of rotatable bonds is 0. The lowest BCUT2D eigenvalue weighted by Gasteiger charge is -2.22. The smallest absolute Gasteiger partial charge is 0.326 e. The number of aromatic nitrogens is 5. The zero-order valence-electron chi connectivity index (χ0n) is 51.6. The molecule has 0 aromatic carbocycles. The molecule has 9 heterocycles. The summed E-state index contributed by atoms with van der Waals surface area (Å²) in [6.07, 6.45) is 0. The molecule has 18 amide bonds. The third-order valence-corrected chi connectivity index (χ3v) is 16.7. The summed E-state index contributed by atoms with van der Waals surface area (Å²) in [6.45, 7) is 5.60. The molecule has 0 spiro atoms. The van der Waals surface area contributed by atoms with Gasteiger partial charge in [-0.1, -0.05) is 0 Å². The predicted octanol–water partition coefficient (Wildman–Crippen LogP) is -6.67. The van der Waals surface area contributed by atoms with Gasteiger partial charge in [0.15, 0.2) is 0 Å². The molecule has 9 rings (SSSR count). The second-order valence-electron chi connectivity index (χ2n) is 19.8. The lowest BCUT2D eigenvalue weighted by molar-refractivity contribution is -0.142. The number of urea groups is 6. The van der Waals surface area contributed by atoms with Crippen molar-refractivity contribution in [2.75, 3.05) is 137 Å². The molecule has 42 heteroatoms. The Morgan fingerprint density at radius 1 is 0.384 bits per heavy atom. The zero-order valence-corrected chi connectivity index (χ0v) is 53.3. The molecule has 0 bridgehead atoms. The highest BCUT2D eigenvalue weighted by atomic mass is 32.2. The van der Waals surface area contributed by atoms with E-state index in [-0.39, 0.29) is 84.6 Å². The van der Waals surface area contributed by atoms with Crippen LogP contribution >= 0.6 is 0 Å². The number of carbonyl (C=O) groups excluding carboxylic acids is 12. The van der Waals surface area contributed by atoms with Crippen molar-refractivity contribution in [1.29, 1.82) is 0 Å². The number of likely N-dealkylation sites (N-methyl/N-ethyl adjacent to an activating group) is 12. The van der Waals surface area contributed by atoms with Crippen LogP contribution in [0.4, 0.5) is 28.8 Å². The largest absolute Gasteiger partial charge is 0.442 e. The van der Waals surface area contributed by atoms with E-state index in [0.29, 0.717) is 0 Å². The maximum absolute atomic E-state index is 11.3. The van der Waals surface area contributed by atoms with Gasteiger partial charge in [-0.25, -0.2) is 83.5 Å². The lowest BCUT2D eigenvalue weighted by Crippen LogP contribution is -2.41. The van der Waals surface area contributed by atoms with Gasteiger partial charge >= 0.3 is 81.0 Å². The minimum absolute atomic E-state index is 0.0428. The standard InChI is InChI=1S/C7H12N2O2.C5H9N3O2.C5H6N2O3.2C5H8N2O2.C5H10N2O.2C4H8N2O3S.C4H6N2O3/c1-7(2)5(10)8(3)6(11)9(7)4;1-6-4(9)7(2)8(3)5(6)10;1-6-3(8)4(9)7(2)5(6)10;2*1-6-3-4(8)7(2)5(6)9;1-6-3-4-7(2)5(6)8;1-5-3-10(8,9)6(2)4(5)7;1-5-3-4(7)6(2)10(5,8)9;1-5-3(7)6(2)9-4(5)8/h1-4H3;1-3H3;1-2H3;2*3H2,1-2H3;3-4H2,1-2H3;2*3H2,1-2H3;1-2H3. The van der Waals surface area contributed by atoms with Crippen molar-refractivity contribution < 1.29 is 78.9 Å². The van der Waals surface area contributed by atoms with Crippen LogP contribution in [0.2, 0.25) is 0 Å². The van der Waals surface area contributed by atoms with Crippen LogP contribution in [0.25, 0.3) is 0 Å². The Bertz CT molecular complexity index is 3380. The van der Waals surface area contributed by atoms with Crippen LogP contribution in [0.3, 0.4) is 0 Å². The monoisotopic (exact) mass is 1270 g/mol. The van der Waals surface area contributed by atoms with E-state index in [1.54, 1.807) is 58.9 Å². The molecule has 2 aromatic heterocycles. The Hall–Kier alpha value is -9.22. The Balaban J connectivity index is 0.000000484. The molecule has 7 aliphatic rings. The highest BCUT2D eigenvalue weighted by Gasteiger charge is 2.47. The molecule has 0 unspecified atom stereocenters. The van der Waals surface area contributed by atoms with Gasteiger partial charge in [-0.2, -0.15) is 17.5 Å². The number of aryl methyl sites for hydroxylation is 1. The Morgan fingerprint density at radius 3 is 0.872 bits per heavy atom. The maximum atomic E-state index is 11.3. The average molecular weight is 1270 g/mol. The first-order valence-corrected chi connectivity index (χ1v) is 27.6. The van der Waals surface area contributed by atoms with E-state index in [1.807, 2.05) is 14.1 Å². The molecule has 0 atom stereocenters. The molecule has 0 N–H and O–H groups in total. The quantitative estimate of drug-likeness (QED) is 0.175. The van der Waals surface area contributed by atoms with E-state index in [0.717, 1.165) is 69.3 Å². The fourth-order valence-corrected chi connectivity index (χ4v) is 8.94. The summed E-state index contributed by atoms with van der Waals surface area (Å²) >= 11 is 0. The number of imide groups is 5. The van der Waals surface area contributed by atoms with Crippen molar-refractivity contribution in [3.63, 3.8) is 0 Å². The van der Waals surface area contributed by atoms with Gasteiger partial charge in [0.1, 0.15) is 24.5 Å². The van der Waals surface area contributed by atoms with E-state index in [9.17, 15) is 93.5 Å². The van der Waals surface area contributed by atoms with Crippen molar-refractivity contribution in [2.45, 2.75) is 19.4 Å². The van der Waals surface area contributed by atoms with Gasteiger partial charge in [0, 0.05) is 140 Å².